The number of nitrogens with zero attached hydrogens (tertiary/aromatic N) is 3. The van der Waals surface area contributed by atoms with Crippen LogP contribution >= 0.6 is 0 Å². The zero-order valence-corrected chi connectivity index (χ0v) is 12.3. The zero-order chi connectivity index (χ0) is 14.7. The van der Waals surface area contributed by atoms with Gasteiger partial charge in [0, 0.05) is 6.54 Å². The van der Waals surface area contributed by atoms with Crippen LogP contribution in [0, 0.1) is 0 Å². The van der Waals surface area contributed by atoms with Gasteiger partial charge in [-0.2, -0.15) is 0 Å². The Kier molecular flexibility index (Phi) is 4.15. The predicted molar refractivity (Wildman–Crippen MR) is 85.3 cm³/mol. The van der Waals surface area contributed by atoms with E-state index in [1.165, 1.54) is 19.3 Å². The van der Waals surface area contributed by atoms with Gasteiger partial charge >= 0.3 is 0 Å². The third-order valence-electron chi connectivity index (χ3n) is 4.07. The van der Waals surface area contributed by atoms with E-state index in [2.05, 4.69) is 11.5 Å². The molecule has 4 nitrogen and oxygen atoms in total. The fraction of sp³-hybridized carbons (Fsp3) is 0.412. The van der Waals surface area contributed by atoms with Crippen LogP contribution in [0.3, 0.4) is 0 Å². The molecule has 0 saturated carbocycles. The number of rotatable bonds is 4. The second-order valence-corrected chi connectivity index (χ2v) is 5.59. The summed E-state index contributed by atoms with van der Waals surface area (Å²) in [4.78, 5) is 19.7. The zero-order valence-electron chi connectivity index (χ0n) is 12.3. The van der Waals surface area contributed by atoms with Gasteiger partial charge < -0.3 is 0 Å². The first-order valence-corrected chi connectivity index (χ1v) is 7.61. The van der Waals surface area contributed by atoms with Gasteiger partial charge in [0.1, 0.15) is 5.82 Å². The molecule has 0 N–H and O–H groups in total. The first-order valence-electron chi connectivity index (χ1n) is 7.61. The summed E-state index contributed by atoms with van der Waals surface area (Å²) in [6.07, 6.45) is 5.54. The summed E-state index contributed by atoms with van der Waals surface area (Å²) in [6, 6.07) is 7.56. The Morgan fingerprint density at radius 1 is 1.19 bits per heavy atom. The lowest BCUT2D eigenvalue weighted by Gasteiger charge is -2.27. The Morgan fingerprint density at radius 2 is 1.95 bits per heavy atom. The van der Waals surface area contributed by atoms with Gasteiger partial charge in [-0.1, -0.05) is 24.6 Å². The maximum absolute atomic E-state index is 12.6. The fourth-order valence-electron chi connectivity index (χ4n) is 2.97. The maximum Gasteiger partial charge on any atom is 0.261 e. The maximum atomic E-state index is 12.6. The molecule has 1 fully saturated rings. The van der Waals surface area contributed by atoms with Crippen molar-refractivity contribution >= 4 is 10.9 Å². The lowest BCUT2D eigenvalue weighted by molar-refractivity contribution is 0.212. The molecular weight excluding hydrogens is 262 g/mol. The summed E-state index contributed by atoms with van der Waals surface area (Å²) in [7, 11) is 0. The highest BCUT2D eigenvalue weighted by Crippen LogP contribution is 2.14. The number of likely N-dealkylation sites (tertiary alicyclic amines) is 1. The summed E-state index contributed by atoms with van der Waals surface area (Å²) in [5.41, 5.74) is 0.822. The van der Waals surface area contributed by atoms with E-state index in [0.717, 1.165) is 31.0 Å². The molecular formula is C17H21N3O. The highest BCUT2D eigenvalue weighted by molar-refractivity contribution is 5.77. The van der Waals surface area contributed by atoms with E-state index in [0.29, 0.717) is 11.9 Å². The topological polar surface area (TPSA) is 38.1 Å². The number of para-hydroxylation sites is 1. The van der Waals surface area contributed by atoms with Gasteiger partial charge in [-0.3, -0.25) is 14.3 Å². The molecule has 1 aromatic heterocycles. The van der Waals surface area contributed by atoms with Gasteiger partial charge in [0.05, 0.1) is 17.4 Å². The SMILES string of the molecule is C=CCn1c(CN2CCCCC2)nc2ccccc2c1=O. The van der Waals surface area contributed by atoms with Gasteiger partial charge in [0.15, 0.2) is 0 Å². The normalized spacial score (nSPS) is 16.2. The molecule has 0 radical (unpaired) electrons. The van der Waals surface area contributed by atoms with E-state index < -0.39 is 0 Å². The molecule has 4 heteroatoms. The van der Waals surface area contributed by atoms with Crippen LogP contribution in [-0.4, -0.2) is 27.5 Å². The number of hydrogen-bond acceptors (Lipinski definition) is 3. The van der Waals surface area contributed by atoms with E-state index in [9.17, 15) is 4.79 Å². The fourth-order valence-corrected chi connectivity index (χ4v) is 2.97. The highest BCUT2D eigenvalue weighted by atomic mass is 16.1. The molecule has 1 saturated heterocycles. The van der Waals surface area contributed by atoms with Crippen molar-refractivity contribution in [2.75, 3.05) is 13.1 Å². The molecule has 1 aliphatic rings. The van der Waals surface area contributed by atoms with Crippen LogP contribution in [0.4, 0.5) is 0 Å². The highest BCUT2D eigenvalue weighted by Gasteiger charge is 2.15. The molecule has 1 aromatic carbocycles. The van der Waals surface area contributed by atoms with Crippen LogP contribution in [0.25, 0.3) is 10.9 Å². The first kappa shape index (κ1) is 14.0. The molecule has 21 heavy (non-hydrogen) atoms. The number of allylic oxidation sites excluding steroid dienone is 1. The predicted octanol–water partition coefficient (Wildman–Crippen LogP) is 2.57. The van der Waals surface area contributed by atoms with Crippen LogP contribution in [0.15, 0.2) is 41.7 Å². The molecule has 0 spiro atoms. The summed E-state index contributed by atoms with van der Waals surface area (Å²) in [5.74, 6) is 0.848. The van der Waals surface area contributed by atoms with E-state index >= 15 is 0 Å². The van der Waals surface area contributed by atoms with Crippen LogP contribution in [0.5, 0.6) is 0 Å². The lowest BCUT2D eigenvalue weighted by atomic mass is 10.1. The third kappa shape index (κ3) is 2.90. The second-order valence-electron chi connectivity index (χ2n) is 5.59. The Morgan fingerprint density at radius 3 is 2.71 bits per heavy atom. The molecule has 110 valence electrons. The minimum absolute atomic E-state index is 0.0347. The van der Waals surface area contributed by atoms with Gasteiger partial charge in [-0.05, 0) is 38.1 Å². The van der Waals surface area contributed by atoms with Crippen molar-refractivity contribution in [2.24, 2.45) is 0 Å². The molecule has 0 aliphatic carbocycles. The minimum Gasteiger partial charge on any atom is -0.296 e. The molecule has 3 rings (SSSR count). The Labute approximate surface area is 124 Å². The molecule has 2 aromatic rings. The minimum atomic E-state index is 0.0347. The van der Waals surface area contributed by atoms with E-state index in [4.69, 9.17) is 4.98 Å². The van der Waals surface area contributed by atoms with Crippen molar-refractivity contribution in [1.82, 2.24) is 14.5 Å². The Hall–Kier alpha value is -1.94. The summed E-state index contributed by atoms with van der Waals surface area (Å²) >= 11 is 0. The van der Waals surface area contributed by atoms with Crippen molar-refractivity contribution in [3.63, 3.8) is 0 Å². The van der Waals surface area contributed by atoms with Crippen LogP contribution in [-0.2, 0) is 13.1 Å². The molecule has 2 heterocycles. The quantitative estimate of drug-likeness (QED) is 0.809. The van der Waals surface area contributed by atoms with Gasteiger partial charge in [0.25, 0.3) is 5.56 Å². The smallest absolute Gasteiger partial charge is 0.261 e. The Bertz CT molecular complexity index is 699. The van der Waals surface area contributed by atoms with Gasteiger partial charge in [0.2, 0.25) is 0 Å². The second kappa shape index (κ2) is 6.22. The third-order valence-corrected chi connectivity index (χ3v) is 4.07. The standard InChI is InChI=1S/C17H21N3O/c1-2-10-20-16(13-19-11-6-3-7-12-19)18-15-9-5-4-8-14(15)17(20)21/h2,4-5,8-9H,1,3,6-7,10-13H2. The summed E-state index contributed by atoms with van der Waals surface area (Å²) < 4.78 is 1.75. The number of benzene rings is 1. The average molecular weight is 283 g/mol. The molecule has 0 atom stereocenters. The number of piperidine rings is 1. The van der Waals surface area contributed by atoms with Crippen LogP contribution in [0.2, 0.25) is 0 Å². The summed E-state index contributed by atoms with van der Waals surface area (Å²) in [5, 5.41) is 0.682. The average Bonchev–Trinajstić information content (AvgIpc) is 2.52. The van der Waals surface area contributed by atoms with Crippen molar-refractivity contribution in [2.45, 2.75) is 32.4 Å². The summed E-state index contributed by atoms with van der Waals surface area (Å²) in [6.45, 7) is 7.21. The Balaban J connectivity index is 2.04. The molecule has 0 bridgehead atoms. The van der Waals surface area contributed by atoms with E-state index in [1.807, 2.05) is 24.3 Å². The van der Waals surface area contributed by atoms with Crippen molar-refractivity contribution in [1.29, 1.82) is 0 Å². The first-order chi connectivity index (χ1) is 10.3. The van der Waals surface area contributed by atoms with Crippen molar-refractivity contribution in [3.8, 4) is 0 Å². The van der Waals surface area contributed by atoms with Crippen LogP contribution in [0.1, 0.15) is 25.1 Å². The largest absolute Gasteiger partial charge is 0.296 e. The van der Waals surface area contributed by atoms with E-state index in [-0.39, 0.29) is 5.56 Å². The number of hydrogen-bond donors (Lipinski definition) is 0. The monoisotopic (exact) mass is 283 g/mol. The lowest BCUT2D eigenvalue weighted by Crippen LogP contribution is -2.33. The molecule has 1 aliphatic heterocycles. The molecule has 0 amide bonds. The van der Waals surface area contributed by atoms with Crippen molar-refractivity contribution in [3.05, 3.63) is 53.1 Å². The van der Waals surface area contributed by atoms with Crippen molar-refractivity contribution < 1.29 is 0 Å². The number of aromatic nitrogens is 2. The molecule has 0 unspecified atom stereocenters. The number of fused-ring (bicyclic) bond motifs is 1. The van der Waals surface area contributed by atoms with E-state index in [1.54, 1.807) is 10.6 Å². The van der Waals surface area contributed by atoms with Gasteiger partial charge in [-0.25, -0.2) is 4.98 Å². The van der Waals surface area contributed by atoms with Gasteiger partial charge in [-0.15, -0.1) is 6.58 Å². The van der Waals surface area contributed by atoms with Crippen LogP contribution < -0.4 is 5.56 Å².